The van der Waals surface area contributed by atoms with Crippen LogP contribution >= 0.6 is 11.6 Å². The number of hydrogen-bond donors (Lipinski definition) is 0. The maximum absolute atomic E-state index is 6.11. The van der Waals surface area contributed by atoms with Crippen molar-refractivity contribution in [3.05, 3.63) is 47.5 Å². The van der Waals surface area contributed by atoms with Crippen LogP contribution in [-0.4, -0.2) is 9.97 Å². The Bertz CT molecular complexity index is 420. The standard InChI is InChI=1S/C11H9ClN2/c1-8-3-2-4-10(12)11(8)9-5-13-7-14-6-9/h2-7H,1H3. The maximum Gasteiger partial charge on any atom is 0.115 e. The van der Waals surface area contributed by atoms with Crippen molar-refractivity contribution in [3.8, 4) is 11.1 Å². The van der Waals surface area contributed by atoms with E-state index in [0.717, 1.165) is 21.7 Å². The molecule has 2 rings (SSSR count). The third-order valence-electron chi connectivity index (χ3n) is 2.07. The lowest BCUT2D eigenvalue weighted by Crippen LogP contribution is -1.86. The van der Waals surface area contributed by atoms with Gasteiger partial charge in [0, 0.05) is 28.5 Å². The first-order chi connectivity index (χ1) is 6.79. The fraction of sp³-hybridized carbons (Fsp3) is 0.0909. The van der Waals surface area contributed by atoms with Crippen LogP contribution in [0.5, 0.6) is 0 Å². The molecule has 1 heterocycles. The molecule has 0 N–H and O–H groups in total. The highest BCUT2D eigenvalue weighted by Crippen LogP contribution is 2.29. The first-order valence-electron chi connectivity index (χ1n) is 4.29. The minimum absolute atomic E-state index is 0.736. The molecule has 3 heteroatoms. The predicted octanol–water partition coefficient (Wildman–Crippen LogP) is 3.11. The van der Waals surface area contributed by atoms with Gasteiger partial charge in [-0.25, -0.2) is 9.97 Å². The Labute approximate surface area is 87.6 Å². The van der Waals surface area contributed by atoms with Crippen molar-refractivity contribution in [3.63, 3.8) is 0 Å². The zero-order valence-electron chi connectivity index (χ0n) is 7.74. The van der Waals surface area contributed by atoms with Crippen molar-refractivity contribution in [2.75, 3.05) is 0 Å². The molecule has 14 heavy (non-hydrogen) atoms. The fourth-order valence-corrected chi connectivity index (χ4v) is 1.76. The van der Waals surface area contributed by atoms with Gasteiger partial charge in [-0.05, 0) is 18.6 Å². The molecular formula is C11H9ClN2. The first-order valence-corrected chi connectivity index (χ1v) is 4.67. The molecule has 0 bridgehead atoms. The molecule has 0 unspecified atom stereocenters. The topological polar surface area (TPSA) is 25.8 Å². The average molecular weight is 205 g/mol. The zero-order valence-corrected chi connectivity index (χ0v) is 8.49. The molecule has 0 saturated heterocycles. The Balaban J connectivity index is 2.63. The second-order valence-corrected chi connectivity index (χ2v) is 3.47. The van der Waals surface area contributed by atoms with Gasteiger partial charge < -0.3 is 0 Å². The summed E-state index contributed by atoms with van der Waals surface area (Å²) in [6.45, 7) is 2.02. The second kappa shape index (κ2) is 3.76. The van der Waals surface area contributed by atoms with Crippen molar-refractivity contribution >= 4 is 11.6 Å². The van der Waals surface area contributed by atoms with Crippen LogP contribution in [0.15, 0.2) is 36.9 Å². The molecule has 1 aromatic carbocycles. The van der Waals surface area contributed by atoms with Gasteiger partial charge in [0.2, 0.25) is 0 Å². The average Bonchev–Trinajstić information content (AvgIpc) is 2.19. The first kappa shape index (κ1) is 9.16. The predicted molar refractivity (Wildman–Crippen MR) is 57.2 cm³/mol. The van der Waals surface area contributed by atoms with E-state index >= 15 is 0 Å². The van der Waals surface area contributed by atoms with E-state index in [9.17, 15) is 0 Å². The van der Waals surface area contributed by atoms with E-state index in [2.05, 4.69) is 9.97 Å². The summed E-state index contributed by atoms with van der Waals surface area (Å²) in [5.74, 6) is 0. The second-order valence-electron chi connectivity index (χ2n) is 3.06. The lowest BCUT2D eigenvalue weighted by molar-refractivity contribution is 1.17. The van der Waals surface area contributed by atoms with E-state index in [-0.39, 0.29) is 0 Å². The lowest BCUT2D eigenvalue weighted by Gasteiger charge is -2.06. The molecule has 0 amide bonds. The lowest BCUT2D eigenvalue weighted by atomic mass is 10.0. The minimum Gasteiger partial charge on any atom is -0.244 e. The Hall–Kier alpha value is -1.41. The van der Waals surface area contributed by atoms with E-state index in [4.69, 9.17) is 11.6 Å². The number of rotatable bonds is 1. The maximum atomic E-state index is 6.11. The SMILES string of the molecule is Cc1cccc(Cl)c1-c1cncnc1. The summed E-state index contributed by atoms with van der Waals surface area (Å²) >= 11 is 6.11. The molecule has 0 aliphatic carbocycles. The van der Waals surface area contributed by atoms with Gasteiger partial charge in [0.1, 0.15) is 6.33 Å². The van der Waals surface area contributed by atoms with Crippen molar-refractivity contribution < 1.29 is 0 Å². The quantitative estimate of drug-likeness (QED) is 0.714. The summed E-state index contributed by atoms with van der Waals surface area (Å²) < 4.78 is 0. The smallest absolute Gasteiger partial charge is 0.115 e. The van der Waals surface area contributed by atoms with Crippen molar-refractivity contribution in [2.24, 2.45) is 0 Å². The number of hydrogen-bond acceptors (Lipinski definition) is 2. The van der Waals surface area contributed by atoms with Crippen LogP contribution in [0.1, 0.15) is 5.56 Å². The normalized spacial score (nSPS) is 10.1. The summed E-state index contributed by atoms with van der Waals surface area (Å²) in [5, 5.41) is 0.736. The highest BCUT2D eigenvalue weighted by atomic mass is 35.5. The van der Waals surface area contributed by atoms with Crippen LogP contribution in [0, 0.1) is 6.92 Å². The minimum atomic E-state index is 0.736. The molecule has 2 nitrogen and oxygen atoms in total. The third-order valence-corrected chi connectivity index (χ3v) is 2.39. The van der Waals surface area contributed by atoms with Crippen LogP contribution in [0.4, 0.5) is 0 Å². The Morgan fingerprint density at radius 2 is 1.86 bits per heavy atom. The van der Waals surface area contributed by atoms with E-state index in [1.54, 1.807) is 12.4 Å². The Morgan fingerprint density at radius 3 is 2.50 bits per heavy atom. The summed E-state index contributed by atoms with van der Waals surface area (Å²) in [6.07, 6.45) is 5.04. The van der Waals surface area contributed by atoms with E-state index in [0.29, 0.717) is 0 Å². The van der Waals surface area contributed by atoms with Gasteiger partial charge in [0.25, 0.3) is 0 Å². The van der Waals surface area contributed by atoms with Crippen LogP contribution in [0.25, 0.3) is 11.1 Å². The summed E-state index contributed by atoms with van der Waals surface area (Å²) in [6, 6.07) is 5.83. The van der Waals surface area contributed by atoms with Crippen LogP contribution in [-0.2, 0) is 0 Å². The van der Waals surface area contributed by atoms with Gasteiger partial charge in [-0.3, -0.25) is 0 Å². The number of aromatic nitrogens is 2. The Morgan fingerprint density at radius 1 is 1.14 bits per heavy atom. The van der Waals surface area contributed by atoms with Crippen molar-refractivity contribution in [2.45, 2.75) is 6.92 Å². The fourth-order valence-electron chi connectivity index (χ4n) is 1.43. The van der Waals surface area contributed by atoms with Gasteiger partial charge in [0.15, 0.2) is 0 Å². The molecule has 1 aromatic heterocycles. The number of benzene rings is 1. The molecule has 0 radical (unpaired) electrons. The van der Waals surface area contributed by atoms with E-state index in [1.807, 2.05) is 25.1 Å². The monoisotopic (exact) mass is 204 g/mol. The molecule has 70 valence electrons. The highest BCUT2D eigenvalue weighted by molar-refractivity contribution is 6.33. The molecule has 0 aliphatic heterocycles. The molecule has 0 saturated carbocycles. The molecule has 0 atom stereocenters. The van der Waals surface area contributed by atoms with Crippen LogP contribution in [0.2, 0.25) is 5.02 Å². The van der Waals surface area contributed by atoms with E-state index in [1.165, 1.54) is 6.33 Å². The summed E-state index contributed by atoms with van der Waals surface area (Å²) in [4.78, 5) is 7.95. The van der Waals surface area contributed by atoms with Gasteiger partial charge in [-0.15, -0.1) is 0 Å². The van der Waals surface area contributed by atoms with Crippen LogP contribution < -0.4 is 0 Å². The number of aryl methyl sites for hydroxylation is 1. The summed E-state index contributed by atoms with van der Waals surface area (Å²) in [7, 11) is 0. The van der Waals surface area contributed by atoms with Crippen molar-refractivity contribution in [1.29, 1.82) is 0 Å². The molecular weight excluding hydrogens is 196 g/mol. The third kappa shape index (κ3) is 1.61. The number of halogens is 1. The van der Waals surface area contributed by atoms with Gasteiger partial charge in [-0.2, -0.15) is 0 Å². The number of nitrogens with zero attached hydrogens (tertiary/aromatic N) is 2. The highest BCUT2D eigenvalue weighted by Gasteiger charge is 2.05. The van der Waals surface area contributed by atoms with Gasteiger partial charge >= 0.3 is 0 Å². The molecule has 0 fully saturated rings. The van der Waals surface area contributed by atoms with Crippen molar-refractivity contribution in [1.82, 2.24) is 9.97 Å². The van der Waals surface area contributed by atoms with E-state index < -0.39 is 0 Å². The molecule has 2 aromatic rings. The molecule has 0 spiro atoms. The van der Waals surface area contributed by atoms with Gasteiger partial charge in [0.05, 0.1) is 0 Å². The van der Waals surface area contributed by atoms with Crippen LogP contribution in [0.3, 0.4) is 0 Å². The largest absolute Gasteiger partial charge is 0.244 e. The Kier molecular flexibility index (Phi) is 2.46. The zero-order chi connectivity index (χ0) is 9.97. The van der Waals surface area contributed by atoms with Gasteiger partial charge in [-0.1, -0.05) is 23.7 Å². The molecule has 0 aliphatic rings. The summed E-state index contributed by atoms with van der Waals surface area (Å²) in [5.41, 5.74) is 3.10.